The number of nitrogens with zero attached hydrogens (tertiary/aromatic N) is 2. The van der Waals surface area contributed by atoms with Crippen molar-refractivity contribution in [1.29, 1.82) is 0 Å². The van der Waals surface area contributed by atoms with Crippen LogP contribution in [0.25, 0.3) is 55.1 Å². The molecule has 7 aromatic carbocycles. The second-order valence-electron chi connectivity index (χ2n) is 16.8. The van der Waals surface area contributed by atoms with Gasteiger partial charge in [0.25, 0.3) is 0 Å². The monoisotopic (exact) mass is 706 g/mol. The van der Waals surface area contributed by atoms with E-state index in [1.807, 2.05) is 6.20 Å². The highest BCUT2D eigenvalue weighted by Crippen LogP contribution is 2.69. The van der Waals surface area contributed by atoms with Gasteiger partial charge in [-0.25, -0.2) is 0 Å². The summed E-state index contributed by atoms with van der Waals surface area (Å²) < 4.78 is 0. The first-order valence-electron chi connectivity index (χ1n) is 20.3. The lowest BCUT2D eigenvalue weighted by Gasteiger charge is -2.61. The van der Waals surface area contributed by atoms with E-state index in [2.05, 4.69) is 169 Å². The Morgan fingerprint density at radius 3 is 1.85 bits per heavy atom. The summed E-state index contributed by atoms with van der Waals surface area (Å²) in [6.07, 6.45) is 9.00. The first-order valence-corrected chi connectivity index (χ1v) is 20.3. The molecule has 0 amide bonds. The molecule has 1 heterocycles. The van der Waals surface area contributed by atoms with Gasteiger partial charge in [0.1, 0.15) is 0 Å². The lowest BCUT2D eigenvalue weighted by molar-refractivity contribution is -0.0399. The third-order valence-corrected chi connectivity index (χ3v) is 14.1. The van der Waals surface area contributed by atoms with Gasteiger partial charge < -0.3 is 4.90 Å². The molecule has 0 radical (unpaired) electrons. The normalized spacial score (nSPS) is 23.0. The van der Waals surface area contributed by atoms with Gasteiger partial charge in [0, 0.05) is 33.8 Å². The van der Waals surface area contributed by atoms with Crippen LogP contribution in [0.1, 0.15) is 43.2 Å². The van der Waals surface area contributed by atoms with Gasteiger partial charge in [0.15, 0.2) is 0 Å². The second kappa shape index (κ2) is 12.0. The minimum absolute atomic E-state index is 0.154. The fraction of sp³-hybridized carbons (Fsp3) is 0.189. The van der Waals surface area contributed by atoms with Gasteiger partial charge in [-0.1, -0.05) is 121 Å². The maximum Gasteiger partial charge on any atom is 0.0708 e. The molecule has 4 bridgehead atoms. The summed E-state index contributed by atoms with van der Waals surface area (Å²) in [7, 11) is 0. The number of aromatic nitrogens is 1. The fourth-order valence-electron chi connectivity index (χ4n) is 12.2. The molecule has 0 atom stereocenters. The Bertz CT molecular complexity index is 2750. The molecule has 2 heteroatoms. The van der Waals surface area contributed by atoms with Gasteiger partial charge in [-0.2, -0.15) is 0 Å². The van der Waals surface area contributed by atoms with Crippen LogP contribution in [0.4, 0.5) is 17.1 Å². The third kappa shape index (κ3) is 4.58. The van der Waals surface area contributed by atoms with Gasteiger partial charge >= 0.3 is 0 Å². The summed E-state index contributed by atoms with van der Waals surface area (Å²) in [6.45, 7) is 0. The van der Waals surface area contributed by atoms with E-state index in [4.69, 9.17) is 4.98 Å². The number of anilines is 3. The lowest BCUT2D eigenvalue weighted by atomic mass is 9.43. The Balaban J connectivity index is 1.06. The summed E-state index contributed by atoms with van der Waals surface area (Å²) in [5.74, 6) is 3.36. The van der Waals surface area contributed by atoms with Crippen molar-refractivity contribution in [2.45, 2.75) is 37.5 Å². The van der Waals surface area contributed by atoms with E-state index in [1.54, 1.807) is 11.1 Å². The molecule has 2 nitrogen and oxygen atoms in total. The summed E-state index contributed by atoms with van der Waals surface area (Å²) >= 11 is 0. The number of pyridine rings is 1. The van der Waals surface area contributed by atoms with E-state index >= 15 is 0 Å². The van der Waals surface area contributed by atoms with Gasteiger partial charge in [0.2, 0.25) is 0 Å². The number of fused-ring (bicyclic) bond motifs is 5. The molecule has 0 N–H and O–H groups in total. The van der Waals surface area contributed by atoms with Gasteiger partial charge in [-0.3, -0.25) is 4.98 Å². The van der Waals surface area contributed by atoms with Gasteiger partial charge in [-0.15, -0.1) is 0 Å². The molecule has 0 unspecified atom stereocenters. The molecule has 0 saturated heterocycles. The minimum Gasteiger partial charge on any atom is -0.310 e. The van der Waals surface area contributed by atoms with Crippen molar-refractivity contribution in [1.82, 2.24) is 4.98 Å². The van der Waals surface area contributed by atoms with Crippen LogP contribution in [-0.2, 0) is 5.41 Å². The summed E-state index contributed by atoms with van der Waals surface area (Å²) in [5.41, 5.74) is 15.7. The average Bonchev–Trinajstić information content (AvgIpc) is 3.53. The maximum atomic E-state index is 4.69. The van der Waals surface area contributed by atoms with Crippen molar-refractivity contribution in [2.24, 2.45) is 23.7 Å². The quantitative estimate of drug-likeness (QED) is 0.177. The summed E-state index contributed by atoms with van der Waals surface area (Å²) in [6, 6.07) is 61.2. The van der Waals surface area contributed by atoms with Crippen LogP contribution in [-0.4, -0.2) is 4.98 Å². The Kier molecular flexibility index (Phi) is 6.85. The molecule has 8 aromatic rings. The summed E-state index contributed by atoms with van der Waals surface area (Å²) in [5, 5.41) is 3.64. The van der Waals surface area contributed by atoms with Crippen molar-refractivity contribution in [3.05, 3.63) is 181 Å². The van der Waals surface area contributed by atoms with Crippen LogP contribution in [0.2, 0.25) is 0 Å². The number of benzene rings is 7. The van der Waals surface area contributed by atoms with E-state index in [-0.39, 0.29) is 5.41 Å². The minimum atomic E-state index is 0.154. The molecule has 4 fully saturated rings. The van der Waals surface area contributed by atoms with Crippen LogP contribution in [0.15, 0.2) is 170 Å². The molecule has 55 heavy (non-hydrogen) atoms. The van der Waals surface area contributed by atoms with E-state index < -0.39 is 0 Å². The number of para-hydroxylation sites is 1. The molecule has 1 aromatic heterocycles. The molecule has 5 aliphatic rings. The Labute approximate surface area is 323 Å². The SMILES string of the molecule is c1ccc(-c2ccc(N(c3ccc4c(c3)-c3ccccc3C43C4CC5CC(C4)CC3C5)c3ccc(-c4ccnc5ccccc45)c4ccccc34)cc2)cc1. The number of hydrogen-bond donors (Lipinski definition) is 0. The Morgan fingerprint density at radius 1 is 0.436 bits per heavy atom. The Hall–Kier alpha value is -5.99. The Morgan fingerprint density at radius 2 is 1.05 bits per heavy atom. The van der Waals surface area contributed by atoms with Gasteiger partial charge in [-0.05, 0) is 148 Å². The molecule has 13 rings (SSSR count). The van der Waals surface area contributed by atoms with E-state index in [9.17, 15) is 0 Å². The largest absolute Gasteiger partial charge is 0.310 e. The molecular weight excluding hydrogens is 665 g/mol. The predicted octanol–water partition coefficient (Wildman–Crippen LogP) is 13.9. The highest BCUT2D eigenvalue weighted by atomic mass is 15.1. The zero-order chi connectivity index (χ0) is 36.1. The number of rotatable bonds is 5. The maximum absolute atomic E-state index is 4.69. The van der Waals surface area contributed by atoms with Crippen molar-refractivity contribution >= 4 is 38.7 Å². The summed E-state index contributed by atoms with van der Waals surface area (Å²) in [4.78, 5) is 7.20. The topological polar surface area (TPSA) is 16.1 Å². The van der Waals surface area contributed by atoms with Crippen LogP contribution in [0.5, 0.6) is 0 Å². The first-order chi connectivity index (χ1) is 27.2. The predicted molar refractivity (Wildman–Crippen MR) is 228 cm³/mol. The highest BCUT2D eigenvalue weighted by Gasteiger charge is 2.61. The van der Waals surface area contributed by atoms with E-state index in [1.165, 1.54) is 93.0 Å². The van der Waals surface area contributed by atoms with Crippen LogP contribution in [0, 0.1) is 23.7 Å². The van der Waals surface area contributed by atoms with Crippen molar-refractivity contribution < 1.29 is 0 Å². The zero-order valence-electron chi connectivity index (χ0n) is 30.9. The fourth-order valence-corrected chi connectivity index (χ4v) is 12.2. The van der Waals surface area contributed by atoms with E-state index in [0.717, 1.165) is 34.9 Å². The third-order valence-electron chi connectivity index (χ3n) is 14.1. The lowest BCUT2D eigenvalue weighted by Crippen LogP contribution is -2.55. The second-order valence-corrected chi connectivity index (χ2v) is 16.8. The molecule has 264 valence electrons. The van der Waals surface area contributed by atoms with Crippen molar-refractivity contribution in [2.75, 3.05) is 4.90 Å². The zero-order valence-corrected chi connectivity index (χ0v) is 30.9. The smallest absolute Gasteiger partial charge is 0.0708 e. The van der Waals surface area contributed by atoms with Crippen LogP contribution >= 0.6 is 0 Å². The van der Waals surface area contributed by atoms with E-state index in [0.29, 0.717) is 0 Å². The average molecular weight is 707 g/mol. The first kappa shape index (κ1) is 31.4. The van der Waals surface area contributed by atoms with Crippen molar-refractivity contribution in [3.63, 3.8) is 0 Å². The van der Waals surface area contributed by atoms with Crippen molar-refractivity contribution in [3.8, 4) is 33.4 Å². The van der Waals surface area contributed by atoms with Crippen LogP contribution in [0.3, 0.4) is 0 Å². The van der Waals surface area contributed by atoms with Crippen LogP contribution < -0.4 is 4.90 Å². The highest BCUT2D eigenvalue weighted by molar-refractivity contribution is 6.10. The number of hydrogen-bond acceptors (Lipinski definition) is 2. The van der Waals surface area contributed by atoms with Gasteiger partial charge in [0.05, 0.1) is 11.2 Å². The molecule has 0 aliphatic heterocycles. The molecular formula is C53H42N2. The standard InChI is InChI=1S/C53H42N2/c1-2-10-36(11-3-1)37-18-20-40(21-19-37)55(52-25-23-43(42-12-4-5-15-47(42)52)44-26-27-54-51-17-9-7-14-46(44)51)41-22-24-50-48(33-41)45-13-6-8-16-49(45)53(50)38-29-34-28-35(31-38)32-39(53)30-34/h1-27,33-35,38-39H,28-32H2. The molecule has 5 aliphatic carbocycles. The molecule has 4 saturated carbocycles. The molecule has 1 spiro atoms.